The lowest BCUT2D eigenvalue weighted by molar-refractivity contribution is -0.140. The van der Waals surface area contributed by atoms with Crippen LogP contribution in [0.25, 0.3) is 21.1 Å². The van der Waals surface area contributed by atoms with Gasteiger partial charge in [-0.05, 0) is 112 Å². The fourth-order valence-corrected chi connectivity index (χ4v) is 11.2. The number of aryl methyl sites for hydroxylation is 1. The van der Waals surface area contributed by atoms with Gasteiger partial charge in [-0.15, -0.1) is 11.3 Å². The summed E-state index contributed by atoms with van der Waals surface area (Å²) in [4.78, 5) is 67.9. The Morgan fingerprint density at radius 1 is 0.925 bits per heavy atom. The number of halogens is 1. The Hall–Kier alpha value is -5.59. The third-order valence-corrected chi connectivity index (χ3v) is 15.3. The number of fused-ring (bicyclic) bond motifs is 2. The van der Waals surface area contributed by atoms with E-state index < -0.39 is 17.9 Å². The van der Waals surface area contributed by atoms with Gasteiger partial charge in [-0.25, -0.2) is 4.39 Å². The maximum Gasteiger partial charge on any atom is 0.270 e. The highest BCUT2D eigenvalue weighted by Crippen LogP contribution is 2.33. The van der Waals surface area contributed by atoms with Crippen molar-refractivity contribution in [2.24, 2.45) is 5.92 Å². The van der Waals surface area contributed by atoms with Crippen LogP contribution < -0.4 is 20.1 Å². The van der Waals surface area contributed by atoms with Gasteiger partial charge in [0.1, 0.15) is 42.6 Å². The fourth-order valence-electron chi connectivity index (χ4n) is 10.4. The van der Waals surface area contributed by atoms with Crippen molar-refractivity contribution >= 4 is 56.1 Å². The second-order valence-electron chi connectivity index (χ2n) is 18.6. The van der Waals surface area contributed by atoms with Gasteiger partial charge in [0.05, 0.1) is 28.8 Å². The largest absolute Gasteiger partial charge is 0.489 e. The van der Waals surface area contributed by atoms with Gasteiger partial charge in [-0.1, -0.05) is 19.3 Å². The fraction of sp³-hybridized carbons (Fsp3) is 0.551. The average molecular weight is 940 g/mol. The number of pyridine rings is 1. The number of carbonyl (C=O) groups excluding carboxylic acids is 4. The number of hydrogen-bond donors (Lipinski definition) is 2. The molecule has 0 bridgehead atoms. The quantitative estimate of drug-likeness (QED) is 0.131. The maximum absolute atomic E-state index is 14.7. The van der Waals surface area contributed by atoms with Crippen LogP contribution in [-0.4, -0.2) is 142 Å². The first-order valence-electron chi connectivity index (χ1n) is 24.0. The van der Waals surface area contributed by atoms with Gasteiger partial charge in [-0.3, -0.25) is 29.1 Å². The topological polar surface area (TPSA) is 168 Å². The van der Waals surface area contributed by atoms with Crippen molar-refractivity contribution in [2.75, 3.05) is 59.5 Å². The number of hydrogen-bond acceptors (Lipinski definition) is 12. The molecule has 18 heteroatoms. The summed E-state index contributed by atoms with van der Waals surface area (Å²) in [6.45, 7) is 7.71. The van der Waals surface area contributed by atoms with Crippen LogP contribution in [0.3, 0.4) is 0 Å². The molecule has 0 radical (unpaired) electrons. The van der Waals surface area contributed by atoms with Crippen LogP contribution >= 0.6 is 11.3 Å². The molecule has 9 rings (SSSR count). The van der Waals surface area contributed by atoms with E-state index in [0.717, 1.165) is 86.8 Å². The molecular weight excluding hydrogens is 878 g/mol. The molecule has 2 N–H and O–H groups in total. The molecule has 5 aromatic rings. The molecule has 0 spiro atoms. The predicted molar refractivity (Wildman–Crippen MR) is 251 cm³/mol. The van der Waals surface area contributed by atoms with Gasteiger partial charge >= 0.3 is 0 Å². The number of piperazine rings is 1. The highest BCUT2D eigenvalue weighted by Gasteiger charge is 2.38. The zero-order valence-electron chi connectivity index (χ0n) is 38.7. The van der Waals surface area contributed by atoms with Crippen LogP contribution in [0, 0.1) is 18.7 Å². The van der Waals surface area contributed by atoms with Crippen molar-refractivity contribution in [1.82, 2.24) is 44.9 Å². The van der Waals surface area contributed by atoms with Gasteiger partial charge in [0, 0.05) is 69.0 Å². The summed E-state index contributed by atoms with van der Waals surface area (Å²) >= 11 is 1.64. The lowest BCUT2D eigenvalue weighted by Crippen LogP contribution is -2.59. The van der Waals surface area contributed by atoms with Crippen LogP contribution in [0.5, 0.6) is 11.6 Å². The molecule has 1 aromatic carbocycles. The van der Waals surface area contributed by atoms with Gasteiger partial charge in [0.2, 0.25) is 17.7 Å². The Morgan fingerprint density at radius 3 is 2.48 bits per heavy atom. The number of likely N-dealkylation sites (tertiary alicyclic amines) is 2. The summed E-state index contributed by atoms with van der Waals surface area (Å²) < 4.78 is 35.7. The Bertz CT molecular complexity index is 2560. The van der Waals surface area contributed by atoms with Crippen molar-refractivity contribution in [3.63, 3.8) is 0 Å². The molecule has 3 aliphatic heterocycles. The number of aromatic nitrogens is 3. The van der Waals surface area contributed by atoms with E-state index in [-0.39, 0.29) is 67.9 Å². The molecule has 4 aliphatic rings. The molecule has 0 unspecified atom stereocenters. The summed E-state index contributed by atoms with van der Waals surface area (Å²) in [6.07, 6.45) is 10.2. The number of thiophene rings is 1. The van der Waals surface area contributed by atoms with Crippen molar-refractivity contribution in [3.05, 3.63) is 70.8 Å². The number of carbonyl (C=O) groups is 4. The third kappa shape index (κ3) is 10.3. The summed E-state index contributed by atoms with van der Waals surface area (Å²) in [6, 6.07) is 8.87. The van der Waals surface area contributed by atoms with E-state index in [9.17, 15) is 23.6 Å². The molecule has 7 heterocycles. The van der Waals surface area contributed by atoms with Crippen LogP contribution in [0.4, 0.5) is 4.39 Å². The minimum absolute atomic E-state index is 0.0603. The Kier molecular flexibility index (Phi) is 14.4. The predicted octanol–water partition coefficient (Wildman–Crippen LogP) is 5.76. The number of ether oxygens (including phenoxy) is 2. The third-order valence-electron chi connectivity index (χ3n) is 14.3. The maximum atomic E-state index is 14.7. The van der Waals surface area contributed by atoms with E-state index in [2.05, 4.69) is 25.7 Å². The molecule has 67 heavy (non-hydrogen) atoms. The normalized spacial score (nSPS) is 19.8. The SMILES string of the molecule is CN[C@@H](C)C(=O)N[C@H](C(=O)N1CCN(C(=O)c2c(C)c3cc(F)ccc3n2CC(=O)N2CCC[C@H]2COc2cc(CN3CCC(Oc4ccnc5ccsc45)CC3)on2)CC1)C1CCCCC1. The van der Waals surface area contributed by atoms with Crippen molar-refractivity contribution in [1.29, 1.82) is 0 Å². The first-order valence-corrected chi connectivity index (χ1v) is 24.9. The zero-order valence-corrected chi connectivity index (χ0v) is 39.5. The first kappa shape index (κ1) is 46.5. The molecule has 1 saturated carbocycles. The Labute approximate surface area is 394 Å². The standard InChI is InChI=1S/C49H62FN9O7S/c1-31-38-26-34(50)11-12-40(38)59(45(31)49(63)57-23-21-56(22-24-57)48(62)44(33-8-5-4-6-9-33)53-47(61)32(2)51-3)29-43(60)58-18-7-10-35(58)30-64-42-27-37(66-54-42)28-55-19-14-36(15-20-55)65-41-13-17-52-39-16-25-67-46(39)41/h11-13,16-17,25-27,32-33,35-36,44,51H,4-10,14-15,18-24,28-30H2,1-3H3,(H,53,61)/t32-,35-,44-/m0/s1. The Morgan fingerprint density at radius 2 is 1.70 bits per heavy atom. The van der Waals surface area contributed by atoms with E-state index in [0.29, 0.717) is 60.0 Å². The van der Waals surface area contributed by atoms with Gasteiger partial charge in [-0.2, -0.15) is 0 Å². The number of likely N-dealkylation sites (N-methyl/N-ethyl adjacent to an activating group) is 1. The zero-order chi connectivity index (χ0) is 46.6. The lowest BCUT2D eigenvalue weighted by Gasteiger charge is -2.39. The van der Waals surface area contributed by atoms with Crippen molar-refractivity contribution < 1.29 is 37.6 Å². The molecule has 4 amide bonds. The number of nitrogens with one attached hydrogen (secondary N) is 2. The molecular formula is C49H62FN9O7S. The smallest absolute Gasteiger partial charge is 0.270 e. The number of rotatable bonds is 15. The summed E-state index contributed by atoms with van der Waals surface area (Å²) in [5.41, 5.74) is 2.47. The van der Waals surface area contributed by atoms with Crippen LogP contribution in [0.15, 0.2) is 52.5 Å². The van der Waals surface area contributed by atoms with Gasteiger partial charge in [0.15, 0.2) is 5.76 Å². The van der Waals surface area contributed by atoms with E-state index in [1.54, 1.807) is 58.9 Å². The molecule has 358 valence electrons. The second kappa shape index (κ2) is 20.7. The van der Waals surface area contributed by atoms with Crippen LogP contribution in [0.1, 0.15) is 86.5 Å². The van der Waals surface area contributed by atoms with E-state index in [1.807, 2.05) is 28.5 Å². The second-order valence-corrected chi connectivity index (χ2v) is 19.5. The number of nitrogens with zero attached hydrogens (tertiary/aromatic N) is 7. The minimum Gasteiger partial charge on any atom is -0.489 e. The van der Waals surface area contributed by atoms with Crippen LogP contribution in [-0.2, 0) is 27.5 Å². The molecule has 4 aromatic heterocycles. The number of amides is 4. The summed E-state index contributed by atoms with van der Waals surface area (Å²) in [5.74, 6) is 0.813. The molecule has 16 nitrogen and oxygen atoms in total. The minimum atomic E-state index is -0.623. The van der Waals surface area contributed by atoms with Gasteiger partial charge in [0.25, 0.3) is 11.8 Å². The van der Waals surface area contributed by atoms with E-state index in [4.69, 9.17) is 14.0 Å². The van der Waals surface area contributed by atoms with Gasteiger partial charge < -0.3 is 43.9 Å². The Balaban J connectivity index is 0.805. The van der Waals surface area contributed by atoms with E-state index >= 15 is 0 Å². The average Bonchev–Trinajstić information content (AvgIpc) is 4.18. The summed E-state index contributed by atoms with van der Waals surface area (Å²) in [7, 11) is 1.72. The summed E-state index contributed by atoms with van der Waals surface area (Å²) in [5, 5.41) is 12.8. The van der Waals surface area contributed by atoms with E-state index in [1.165, 1.54) is 12.1 Å². The highest BCUT2D eigenvalue weighted by molar-refractivity contribution is 7.17. The van der Waals surface area contributed by atoms with Crippen LogP contribution in [0.2, 0.25) is 0 Å². The molecule has 1 aliphatic carbocycles. The molecule has 3 saturated heterocycles. The van der Waals surface area contributed by atoms with Crippen molar-refractivity contribution in [3.8, 4) is 11.6 Å². The monoisotopic (exact) mass is 939 g/mol. The number of benzene rings is 1. The highest BCUT2D eigenvalue weighted by atomic mass is 32.1. The first-order chi connectivity index (χ1) is 32.5. The molecule has 3 atom stereocenters. The number of piperidine rings is 1. The molecule has 4 fully saturated rings. The van der Waals surface area contributed by atoms with Crippen molar-refractivity contribution in [2.45, 2.75) is 109 Å². The lowest BCUT2D eigenvalue weighted by atomic mass is 9.83.